The Bertz CT molecular complexity index is 1280. The largest absolute Gasteiger partial charge is 0.497 e. The highest BCUT2D eigenvalue weighted by Crippen LogP contribution is 2.31. The van der Waals surface area contributed by atoms with Crippen LogP contribution in [0.5, 0.6) is 5.75 Å². The van der Waals surface area contributed by atoms with Crippen LogP contribution >= 0.6 is 35.1 Å². The lowest BCUT2D eigenvalue weighted by Gasteiger charge is -2.11. The van der Waals surface area contributed by atoms with E-state index in [-0.39, 0.29) is 5.91 Å². The molecule has 0 atom stereocenters. The van der Waals surface area contributed by atoms with Gasteiger partial charge in [-0.25, -0.2) is 9.97 Å². The number of aryl methyl sites for hydroxylation is 1. The third-order valence-electron chi connectivity index (χ3n) is 5.09. The number of amides is 1. The van der Waals surface area contributed by atoms with Crippen LogP contribution in [0, 0.1) is 6.92 Å². The number of thioether (sulfide) groups is 1. The van der Waals surface area contributed by atoms with Gasteiger partial charge in [-0.05, 0) is 54.4 Å². The van der Waals surface area contributed by atoms with Crippen LogP contribution in [0.2, 0.25) is 5.02 Å². The second kappa shape index (κ2) is 12.1. The number of nitrogens with one attached hydrogen (secondary N) is 1. The van der Waals surface area contributed by atoms with Crippen molar-refractivity contribution >= 4 is 41.0 Å². The summed E-state index contributed by atoms with van der Waals surface area (Å²) in [5.41, 5.74) is 3.71. The first kappa shape index (κ1) is 25.1. The molecule has 0 saturated carbocycles. The fourth-order valence-electron chi connectivity index (χ4n) is 3.13. The number of benzene rings is 3. The van der Waals surface area contributed by atoms with Crippen molar-refractivity contribution in [3.8, 4) is 5.75 Å². The monoisotopic (exact) mass is 521 g/mol. The molecule has 35 heavy (non-hydrogen) atoms. The molecule has 4 aromatic rings. The van der Waals surface area contributed by atoms with E-state index in [1.54, 1.807) is 13.3 Å². The Morgan fingerprint density at radius 1 is 0.971 bits per heavy atom. The van der Waals surface area contributed by atoms with Gasteiger partial charge in [0, 0.05) is 28.4 Å². The normalized spacial score (nSPS) is 10.7. The predicted octanol–water partition coefficient (Wildman–Crippen LogP) is 6.82. The molecule has 0 bridgehead atoms. The second-order valence-corrected chi connectivity index (χ2v) is 10.2. The van der Waals surface area contributed by atoms with Crippen LogP contribution in [0.15, 0.2) is 93.9 Å². The summed E-state index contributed by atoms with van der Waals surface area (Å²) >= 11 is 8.96. The molecule has 0 radical (unpaired) electrons. The van der Waals surface area contributed by atoms with Gasteiger partial charge in [0.2, 0.25) is 0 Å². The summed E-state index contributed by atoms with van der Waals surface area (Å²) in [6.45, 7) is 2.44. The van der Waals surface area contributed by atoms with Crippen LogP contribution in [-0.4, -0.2) is 23.0 Å². The van der Waals surface area contributed by atoms with E-state index in [0.717, 1.165) is 22.0 Å². The minimum Gasteiger partial charge on any atom is -0.497 e. The lowest BCUT2D eigenvalue weighted by atomic mass is 10.2. The average molecular weight is 522 g/mol. The van der Waals surface area contributed by atoms with Crippen LogP contribution in [0.4, 0.5) is 0 Å². The van der Waals surface area contributed by atoms with Gasteiger partial charge in [0.25, 0.3) is 5.91 Å². The molecular weight excluding hydrogens is 498 g/mol. The zero-order valence-corrected chi connectivity index (χ0v) is 21.7. The molecule has 1 amide bonds. The van der Waals surface area contributed by atoms with Crippen molar-refractivity contribution in [3.63, 3.8) is 0 Å². The molecule has 3 aromatic carbocycles. The zero-order chi connectivity index (χ0) is 24.6. The number of hydrogen-bond acceptors (Lipinski definition) is 6. The van der Waals surface area contributed by atoms with Crippen LogP contribution in [0.1, 0.15) is 27.2 Å². The Hall–Kier alpha value is -3.00. The molecule has 178 valence electrons. The molecule has 4 rings (SSSR count). The number of carbonyl (C=O) groups excluding carboxylic acids is 1. The molecule has 0 saturated heterocycles. The first-order valence-electron chi connectivity index (χ1n) is 10.9. The molecule has 0 aliphatic heterocycles. The van der Waals surface area contributed by atoms with E-state index in [0.29, 0.717) is 27.3 Å². The highest BCUT2D eigenvalue weighted by Gasteiger charge is 2.17. The Morgan fingerprint density at radius 2 is 1.66 bits per heavy atom. The van der Waals surface area contributed by atoms with Gasteiger partial charge in [0.05, 0.1) is 12.0 Å². The Morgan fingerprint density at radius 3 is 2.34 bits per heavy atom. The summed E-state index contributed by atoms with van der Waals surface area (Å²) in [5, 5.41) is 4.20. The lowest BCUT2D eigenvalue weighted by molar-refractivity contribution is 0.0941. The van der Waals surface area contributed by atoms with Gasteiger partial charge >= 0.3 is 0 Å². The van der Waals surface area contributed by atoms with Gasteiger partial charge in [0.15, 0.2) is 5.16 Å². The van der Waals surface area contributed by atoms with Crippen molar-refractivity contribution in [2.24, 2.45) is 0 Å². The number of carbonyl (C=O) groups is 1. The number of ether oxygens (including phenoxy) is 1. The van der Waals surface area contributed by atoms with Gasteiger partial charge in [0.1, 0.15) is 11.4 Å². The minimum absolute atomic E-state index is 0.253. The van der Waals surface area contributed by atoms with Crippen LogP contribution in [0.25, 0.3) is 0 Å². The fraction of sp³-hybridized carbons (Fsp3) is 0.148. The summed E-state index contributed by atoms with van der Waals surface area (Å²) in [7, 11) is 1.63. The highest BCUT2D eigenvalue weighted by atomic mass is 35.5. The van der Waals surface area contributed by atoms with E-state index in [9.17, 15) is 4.79 Å². The summed E-state index contributed by atoms with van der Waals surface area (Å²) in [6.07, 6.45) is 1.71. The Balaban J connectivity index is 1.52. The summed E-state index contributed by atoms with van der Waals surface area (Å²) in [4.78, 5) is 24.0. The topological polar surface area (TPSA) is 64.1 Å². The summed E-state index contributed by atoms with van der Waals surface area (Å²) in [5.74, 6) is 1.24. The van der Waals surface area contributed by atoms with Gasteiger partial charge in [-0.2, -0.15) is 0 Å². The molecular formula is C27H24ClN3O2S2. The van der Waals surface area contributed by atoms with Gasteiger partial charge < -0.3 is 10.1 Å². The Labute approximate surface area is 218 Å². The van der Waals surface area contributed by atoms with E-state index < -0.39 is 0 Å². The van der Waals surface area contributed by atoms with E-state index >= 15 is 0 Å². The van der Waals surface area contributed by atoms with Crippen molar-refractivity contribution in [1.29, 1.82) is 0 Å². The van der Waals surface area contributed by atoms with E-state index in [4.69, 9.17) is 16.3 Å². The lowest BCUT2D eigenvalue weighted by Crippen LogP contribution is -2.25. The average Bonchev–Trinajstić information content (AvgIpc) is 2.89. The van der Waals surface area contributed by atoms with Gasteiger partial charge in [-0.15, -0.1) is 0 Å². The number of aromatic nitrogens is 2. The second-order valence-electron chi connectivity index (χ2n) is 7.73. The van der Waals surface area contributed by atoms with Crippen molar-refractivity contribution in [2.75, 3.05) is 7.11 Å². The van der Waals surface area contributed by atoms with Gasteiger partial charge in [-0.3, -0.25) is 4.79 Å². The maximum atomic E-state index is 13.2. The molecule has 0 aliphatic rings. The summed E-state index contributed by atoms with van der Waals surface area (Å²) in [6, 6.07) is 23.4. The smallest absolute Gasteiger partial charge is 0.271 e. The van der Waals surface area contributed by atoms with Crippen LogP contribution < -0.4 is 10.1 Å². The van der Waals surface area contributed by atoms with Crippen molar-refractivity contribution in [2.45, 2.75) is 34.2 Å². The first-order chi connectivity index (χ1) is 17.0. The number of halogens is 1. The molecule has 0 spiro atoms. The molecule has 5 nitrogen and oxygen atoms in total. The third kappa shape index (κ3) is 7.24. The van der Waals surface area contributed by atoms with Crippen molar-refractivity contribution < 1.29 is 9.53 Å². The third-order valence-corrected chi connectivity index (χ3v) is 7.30. The predicted molar refractivity (Wildman–Crippen MR) is 143 cm³/mol. The van der Waals surface area contributed by atoms with Crippen molar-refractivity contribution in [1.82, 2.24) is 15.3 Å². The number of rotatable bonds is 9. The SMILES string of the molecule is COc1ccc(CNC(=O)c2nc(SCc3ccc(C)cc3)ncc2Sc2ccc(Cl)cc2)cc1. The van der Waals surface area contributed by atoms with Crippen LogP contribution in [-0.2, 0) is 12.3 Å². The summed E-state index contributed by atoms with van der Waals surface area (Å²) < 4.78 is 5.20. The van der Waals surface area contributed by atoms with E-state index in [1.165, 1.54) is 34.7 Å². The van der Waals surface area contributed by atoms with E-state index in [1.807, 2.05) is 48.5 Å². The Kier molecular flexibility index (Phi) is 8.69. The molecule has 1 N–H and O–H groups in total. The minimum atomic E-state index is -0.253. The van der Waals surface area contributed by atoms with Gasteiger partial charge in [-0.1, -0.05) is 77.1 Å². The van der Waals surface area contributed by atoms with Crippen LogP contribution in [0.3, 0.4) is 0 Å². The van der Waals surface area contributed by atoms with Crippen molar-refractivity contribution in [3.05, 3.63) is 106 Å². The maximum Gasteiger partial charge on any atom is 0.271 e. The molecule has 1 heterocycles. The molecule has 0 aliphatic carbocycles. The number of hydrogen-bond donors (Lipinski definition) is 1. The molecule has 8 heteroatoms. The number of nitrogens with zero attached hydrogens (tertiary/aromatic N) is 2. The quantitative estimate of drug-likeness (QED) is 0.192. The maximum absolute atomic E-state index is 13.2. The first-order valence-corrected chi connectivity index (χ1v) is 13.1. The molecule has 0 unspecified atom stereocenters. The fourth-order valence-corrected chi connectivity index (χ4v) is 4.90. The molecule has 1 aromatic heterocycles. The standard InChI is InChI=1S/C27H24ClN3O2S2/c1-18-3-5-20(6-4-18)17-34-27-30-16-24(35-23-13-9-21(28)10-14-23)25(31-27)26(32)29-15-19-7-11-22(33-2)12-8-19/h3-14,16H,15,17H2,1-2H3,(H,29,32). The zero-order valence-electron chi connectivity index (χ0n) is 19.3. The van der Waals surface area contributed by atoms with E-state index in [2.05, 4.69) is 46.5 Å². The highest BCUT2D eigenvalue weighted by molar-refractivity contribution is 7.99. The molecule has 0 fully saturated rings. The number of methoxy groups -OCH3 is 1.